The normalized spacial score (nSPS) is 23.3. The maximum atomic E-state index is 12.1. The van der Waals surface area contributed by atoms with Gasteiger partial charge in [-0.3, -0.25) is 9.79 Å². The second kappa shape index (κ2) is 6.59. The predicted octanol–water partition coefficient (Wildman–Crippen LogP) is 2.93. The number of rotatable bonds is 2. The first-order chi connectivity index (χ1) is 9.80. The van der Waals surface area contributed by atoms with Gasteiger partial charge in [0.2, 0.25) is 5.91 Å². The van der Waals surface area contributed by atoms with Crippen LogP contribution in [0.1, 0.15) is 59.8 Å². The van der Waals surface area contributed by atoms with Crippen molar-refractivity contribution in [3.05, 3.63) is 0 Å². The zero-order valence-corrected chi connectivity index (χ0v) is 14.6. The fraction of sp³-hybridized carbons (Fsp3) is 0.875. The van der Waals surface area contributed by atoms with E-state index in [2.05, 4.69) is 10.6 Å². The Labute approximate surface area is 132 Å². The van der Waals surface area contributed by atoms with Crippen LogP contribution in [0.4, 0.5) is 0 Å². The molecule has 1 spiro atoms. The van der Waals surface area contributed by atoms with Crippen LogP contribution < -0.4 is 10.6 Å². The molecule has 2 aliphatic rings. The van der Waals surface area contributed by atoms with E-state index in [0.29, 0.717) is 5.41 Å². The van der Waals surface area contributed by atoms with Crippen LogP contribution in [0.5, 0.6) is 0 Å². The molecule has 1 saturated carbocycles. The summed E-state index contributed by atoms with van der Waals surface area (Å²) in [7, 11) is 0. The number of carbonyl (C=O) groups is 1. The third-order valence-electron chi connectivity index (χ3n) is 4.22. The molecule has 4 nitrogen and oxygen atoms in total. The van der Waals surface area contributed by atoms with E-state index in [4.69, 9.17) is 4.99 Å². The van der Waals surface area contributed by atoms with Gasteiger partial charge in [0.1, 0.15) is 6.04 Å². The summed E-state index contributed by atoms with van der Waals surface area (Å²) in [5, 5.41) is 7.20. The van der Waals surface area contributed by atoms with E-state index >= 15 is 0 Å². The molecule has 0 aromatic rings. The summed E-state index contributed by atoms with van der Waals surface area (Å²) in [5.74, 6) is 1.18. The van der Waals surface area contributed by atoms with Crippen LogP contribution in [0.3, 0.4) is 0 Å². The number of hydrogen-bond acceptors (Lipinski definition) is 4. The molecule has 1 fully saturated rings. The van der Waals surface area contributed by atoms with Crippen LogP contribution in [0.25, 0.3) is 0 Å². The van der Waals surface area contributed by atoms with Crippen molar-refractivity contribution in [2.75, 3.05) is 12.3 Å². The largest absolute Gasteiger partial charge is 0.353 e. The van der Waals surface area contributed by atoms with E-state index in [0.717, 1.165) is 17.5 Å². The van der Waals surface area contributed by atoms with Crippen molar-refractivity contribution in [1.82, 2.24) is 10.6 Å². The van der Waals surface area contributed by atoms with Gasteiger partial charge in [0.05, 0.1) is 0 Å². The molecule has 120 valence electrons. The van der Waals surface area contributed by atoms with Gasteiger partial charge in [-0.1, -0.05) is 31.0 Å². The monoisotopic (exact) mass is 311 g/mol. The van der Waals surface area contributed by atoms with Crippen molar-refractivity contribution >= 4 is 22.8 Å². The van der Waals surface area contributed by atoms with Crippen molar-refractivity contribution in [3.63, 3.8) is 0 Å². The number of hydrogen-bond donors (Lipinski definition) is 2. The fourth-order valence-electron chi connectivity index (χ4n) is 2.97. The lowest BCUT2D eigenvalue weighted by molar-refractivity contribution is -0.123. The van der Waals surface area contributed by atoms with Gasteiger partial charge in [-0.2, -0.15) is 0 Å². The first-order valence-corrected chi connectivity index (χ1v) is 9.04. The molecule has 2 rings (SSSR count). The van der Waals surface area contributed by atoms with Crippen molar-refractivity contribution < 1.29 is 4.79 Å². The number of carbonyl (C=O) groups excluding carboxylic acids is 1. The number of nitrogens with one attached hydrogen (secondary N) is 2. The Kier molecular flexibility index (Phi) is 5.23. The van der Waals surface area contributed by atoms with E-state index in [1.807, 2.05) is 27.7 Å². The zero-order chi connectivity index (χ0) is 15.5. The Morgan fingerprint density at radius 1 is 1.29 bits per heavy atom. The summed E-state index contributed by atoms with van der Waals surface area (Å²) in [6.07, 6.45) is 6.71. The van der Waals surface area contributed by atoms with Crippen LogP contribution in [0.15, 0.2) is 4.99 Å². The Morgan fingerprint density at radius 3 is 2.48 bits per heavy atom. The Bertz CT molecular complexity index is 408. The summed E-state index contributed by atoms with van der Waals surface area (Å²) in [4.78, 5) is 16.8. The summed E-state index contributed by atoms with van der Waals surface area (Å²) in [6, 6.07) is -0.240. The molecule has 5 heteroatoms. The Hall–Kier alpha value is -0.710. The first-order valence-electron chi connectivity index (χ1n) is 8.06. The molecule has 2 N–H and O–H groups in total. The lowest BCUT2D eigenvalue weighted by atomic mass is 9.75. The smallest absolute Gasteiger partial charge is 0.242 e. The van der Waals surface area contributed by atoms with Gasteiger partial charge in [0.15, 0.2) is 5.17 Å². The van der Waals surface area contributed by atoms with Gasteiger partial charge in [0, 0.05) is 17.8 Å². The second-order valence-corrected chi connectivity index (χ2v) is 8.54. The SMILES string of the molecule is CC(NC1=NCC2(CCCCC2)CS1)C(=O)NC(C)(C)C. The minimum Gasteiger partial charge on any atom is -0.353 e. The molecule has 1 atom stereocenters. The predicted molar refractivity (Wildman–Crippen MR) is 90.8 cm³/mol. The third-order valence-corrected chi connectivity index (χ3v) is 5.50. The summed E-state index contributed by atoms with van der Waals surface area (Å²) in [6.45, 7) is 8.82. The van der Waals surface area contributed by atoms with Crippen molar-refractivity contribution in [1.29, 1.82) is 0 Å². The average Bonchev–Trinajstić information content (AvgIpc) is 2.41. The minimum absolute atomic E-state index is 0.0313. The van der Waals surface area contributed by atoms with E-state index in [9.17, 15) is 4.79 Å². The maximum Gasteiger partial charge on any atom is 0.242 e. The van der Waals surface area contributed by atoms with Gasteiger partial charge in [-0.15, -0.1) is 0 Å². The standard InChI is InChI=1S/C16H29N3OS/c1-12(13(20)19-15(2,3)4)18-14-17-10-16(11-21-14)8-6-5-7-9-16/h12H,5-11H2,1-4H3,(H,17,18)(H,19,20). The van der Waals surface area contributed by atoms with Crippen LogP contribution in [-0.2, 0) is 4.79 Å². The molecular weight excluding hydrogens is 282 g/mol. The number of nitrogens with zero attached hydrogens (tertiary/aromatic N) is 1. The molecule has 21 heavy (non-hydrogen) atoms. The quantitative estimate of drug-likeness (QED) is 0.824. The molecule has 0 radical (unpaired) electrons. The molecule has 0 aromatic heterocycles. The third kappa shape index (κ3) is 4.90. The van der Waals surface area contributed by atoms with Crippen molar-refractivity contribution in [3.8, 4) is 0 Å². The van der Waals surface area contributed by atoms with Gasteiger partial charge in [-0.25, -0.2) is 0 Å². The maximum absolute atomic E-state index is 12.1. The highest BCUT2D eigenvalue weighted by Crippen LogP contribution is 2.41. The molecule has 1 unspecified atom stereocenters. The number of amides is 1. The molecule has 0 bridgehead atoms. The lowest BCUT2D eigenvalue weighted by Crippen LogP contribution is -2.51. The molecule has 1 heterocycles. The van der Waals surface area contributed by atoms with Gasteiger partial charge < -0.3 is 10.6 Å². The Morgan fingerprint density at radius 2 is 1.95 bits per heavy atom. The lowest BCUT2D eigenvalue weighted by Gasteiger charge is -2.38. The zero-order valence-electron chi connectivity index (χ0n) is 13.8. The number of aliphatic imine (C=N–C) groups is 1. The fourth-order valence-corrected chi connectivity index (χ4v) is 4.21. The molecular formula is C16H29N3OS. The highest BCUT2D eigenvalue weighted by molar-refractivity contribution is 8.13. The molecule has 1 amide bonds. The number of thioether (sulfide) groups is 1. The van der Waals surface area contributed by atoms with E-state index in [1.165, 1.54) is 32.1 Å². The van der Waals surface area contributed by atoms with Crippen molar-refractivity contribution in [2.24, 2.45) is 10.4 Å². The van der Waals surface area contributed by atoms with Crippen molar-refractivity contribution in [2.45, 2.75) is 71.4 Å². The van der Waals surface area contributed by atoms with E-state index in [-0.39, 0.29) is 17.5 Å². The summed E-state index contributed by atoms with van der Waals surface area (Å²) in [5.41, 5.74) is 0.242. The van der Waals surface area contributed by atoms with Gasteiger partial charge in [-0.05, 0) is 46.0 Å². The first kappa shape index (κ1) is 16.7. The van der Waals surface area contributed by atoms with Crippen LogP contribution in [-0.4, -0.2) is 35.0 Å². The van der Waals surface area contributed by atoms with E-state index in [1.54, 1.807) is 11.8 Å². The molecule has 1 aliphatic heterocycles. The second-order valence-electron chi connectivity index (χ2n) is 7.58. The molecule has 0 aromatic carbocycles. The molecule has 1 aliphatic carbocycles. The molecule has 0 saturated heterocycles. The minimum atomic E-state index is -0.240. The number of amidine groups is 1. The van der Waals surface area contributed by atoms with Crippen LogP contribution in [0.2, 0.25) is 0 Å². The van der Waals surface area contributed by atoms with Gasteiger partial charge >= 0.3 is 0 Å². The topological polar surface area (TPSA) is 53.5 Å². The van der Waals surface area contributed by atoms with Crippen LogP contribution in [0, 0.1) is 5.41 Å². The summed E-state index contributed by atoms with van der Waals surface area (Å²) >= 11 is 1.79. The average molecular weight is 311 g/mol. The van der Waals surface area contributed by atoms with E-state index < -0.39 is 0 Å². The highest BCUT2D eigenvalue weighted by atomic mass is 32.2. The van der Waals surface area contributed by atoms with Crippen LogP contribution >= 0.6 is 11.8 Å². The highest BCUT2D eigenvalue weighted by Gasteiger charge is 2.35. The Balaban J connectivity index is 1.85. The van der Waals surface area contributed by atoms with Gasteiger partial charge in [0.25, 0.3) is 0 Å². The summed E-state index contributed by atoms with van der Waals surface area (Å²) < 4.78 is 0.